The van der Waals surface area contributed by atoms with Crippen LogP contribution in [0.25, 0.3) is 0 Å². The highest BCUT2D eigenvalue weighted by Gasteiger charge is 2.30. The third-order valence-corrected chi connectivity index (χ3v) is 3.69. The summed E-state index contributed by atoms with van der Waals surface area (Å²) in [7, 11) is 2.18. The minimum absolute atomic E-state index is 0.0309. The molecule has 0 bridgehead atoms. The van der Waals surface area contributed by atoms with Gasteiger partial charge in [-0.05, 0) is 19.9 Å². The van der Waals surface area contributed by atoms with E-state index >= 15 is 0 Å². The van der Waals surface area contributed by atoms with E-state index in [9.17, 15) is 5.11 Å². The van der Waals surface area contributed by atoms with Gasteiger partial charge in [-0.25, -0.2) is 0 Å². The predicted octanol–water partition coefficient (Wildman–Crippen LogP) is -0.653. The van der Waals surface area contributed by atoms with Gasteiger partial charge in [-0.15, -0.1) is 0 Å². The van der Waals surface area contributed by atoms with Crippen LogP contribution in [0.3, 0.4) is 0 Å². The van der Waals surface area contributed by atoms with Crippen LogP contribution < -0.4 is 5.32 Å². The van der Waals surface area contributed by atoms with Gasteiger partial charge in [0, 0.05) is 45.3 Å². The van der Waals surface area contributed by atoms with Gasteiger partial charge in [-0.3, -0.25) is 4.90 Å². The summed E-state index contributed by atoms with van der Waals surface area (Å²) >= 11 is 0. The molecule has 0 aromatic carbocycles. The van der Waals surface area contributed by atoms with E-state index in [2.05, 4.69) is 22.2 Å². The Morgan fingerprint density at radius 1 is 1.33 bits per heavy atom. The predicted molar refractivity (Wildman–Crippen MR) is 61.0 cm³/mol. The highest BCUT2D eigenvalue weighted by Crippen LogP contribution is 2.23. The lowest BCUT2D eigenvalue weighted by molar-refractivity contribution is 0.00893. The molecular formula is C11H23N3O. The van der Waals surface area contributed by atoms with Gasteiger partial charge < -0.3 is 15.3 Å². The Balaban J connectivity index is 1.60. The van der Waals surface area contributed by atoms with Crippen LogP contribution in [0.4, 0.5) is 0 Å². The number of nitrogens with one attached hydrogen (secondary N) is 1. The lowest BCUT2D eigenvalue weighted by Crippen LogP contribution is -2.50. The summed E-state index contributed by atoms with van der Waals surface area (Å²) in [6.07, 6.45) is 1.91. The molecule has 1 saturated carbocycles. The van der Waals surface area contributed by atoms with E-state index in [1.165, 1.54) is 19.6 Å². The summed E-state index contributed by atoms with van der Waals surface area (Å²) in [6.45, 7) is 6.93. The van der Waals surface area contributed by atoms with Crippen molar-refractivity contribution in [2.75, 3.05) is 46.3 Å². The normalized spacial score (nSPS) is 33.0. The Morgan fingerprint density at radius 3 is 2.60 bits per heavy atom. The fourth-order valence-electron chi connectivity index (χ4n) is 2.34. The Hall–Kier alpha value is -0.160. The summed E-state index contributed by atoms with van der Waals surface area (Å²) in [5, 5.41) is 12.6. The maximum atomic E-state index is 9.24. The Kier molecular flexibility index (Phi) is 3.97. The summed E-state index contributed by atoms with van der Waals surface area (Å²) in [5.74, 6) is 0. The van der Waals surface area contributed by atoms with E-state index in [1.807, 2.05) is 0 Å². The van der Waals surface area contributed by atoms with E-state index in [1.54, 1.807) is 0 Å². The summed E-state index contributed by atoms with van der Waals surface area (Å²) in [5.41, 5.74) is 0. The zero-order valence-corrected chi connectivity index (χ0v) is 9.65. The molecule has 15 heavy (non-hydrogen) atoms. The number of aliphatic hydroxyl groups excluding tert-OH is 1. The Morgan fingerprint density at radius 2 is 2.00 bits per heavy atom. The van der Waals surface area contributed by atoms with Crippen molar-refractivity contribution in [2.45, 2.75) is 25.0 Å². The average Bonchev–Trinajstić information content (AvgIpc) is 2.23. The van der Waals surface area contributed by atoms with Crippen molar-refractivity contribution in [1.29, 1.82) is 0 Å². The van der Waals surface area contributed by atoms with Crippen LogP contribution in [0.2, 0.25) is 0 Å². The van der Waals surface area contributed by atoms with Crippen LogP contribution in [-0.4, -0.2) is 73.4 Å². The summed E-state index contributed by atoms with van der Waals surface area (Å²) in [4.78, 5) is 4.91. The number of hydrogen-bond acceptors (Lipinski definition) is 4. The molecular weight excluding hydrogens is 190 g/mol. The monoisotopic (exact) mass is 213 g/mol. The van der Waals surface area contributed by atoms with Gasteiger partial charge >= 0.3 is 0 Å². The number of rotatable bonds is 4. The van der Waals surface area contributed by atoms with Crippen molar-refractivity contribution in [3.05, 3.63) is 0 Å². The first-order valence-corrected chi connectivity index (χ1v) is 6.07. The molecule has 4 nitrogen and oxygen atoms in total. The molecule has 0 radical (unpaired) electrons. The molecule has 0 unspecified atom stereocenters. The highest BCUT2D eigenvalue weighted by molar-refractivity contribution is 4.85. The number of piperazine rings is 1. The van der Waals surface area contributed by atoms with Gasteiger partial charge in [0.15, 0.2) is 0 Å². The number of hydrogen-bond donors (Lipinski definition) is 2. The largest absolute Gasteiger partial charge is 0.393 e. The van der Waals surface area contributed by atoms with Gasteiger partial charge in [0.25, 0.3) is 0 Å². The van der Waals surface area contributed by atoms with Gasteiger partial charge in [-0.2, -0.15) is 0 Å². The fraction of sp³-hybridized carbons (Fsp3) is 1.00. The lowest BCUT2D eigenvalue weighted by atomic mass is 9.88. The SMILES string of the molecule is CN(CCN1CCNCC1)C1CC(O)C1. The Bertz CT molecular complexity index is 188. The average molecular weight is 213 g/mol. The van der Waals surface area contributed by atoms with E-state index in [0.717, 1.165) is 32.5 Å². The van der Waals surface area contributed by atoms with E-state index in [0.29, 0.717) is 6.04 Å². The van der Waals surface area contributed by atoms with E-state index in [-0.39, 0.29) is 6.10 Å². The molecule has 1 saturated heterocycles. The van der Waals surface area contributed by atoms with Crippen LogP contribution in [0.5, 0.6) is 0 Å². The van der Waals surface area contributed by atoms with Gasteiger partial charge in [0.1, 0.15) is 0 Å². The first kappa shape index (κ1) is 11.3. The number of nitrogens with zero attached hydrogens (tertiary/aromatic N) is 2. The third-order valence-electron chi connectivity index (χ3n) is 3.69. The van der Waals surface area contributed by atoms with Gasteiger partial charge in [0.2, 0.25) is 0 Å². The first-order chi connectivity index (χ1) is 7.25. The minimum Gasteiger partial charge on any atom is -0.393 e. The molecule has 2 N–H and O–H groups in total. The molecule has 0 atom stereocenters. The maximum Gasteiger partial charge on any atom is 0.0570 e. The van der Waals surface area contributed by atoms with E-state index < -0.39 is 0 Å². The van der Waals surface area contributed by atoms with Gasteiger partial charge in [-0.1, -0.05) is 0 Å². The molecule has 88 valence electrons. The van der Waals surface area contributed by atoms with Crippen molar-refractivity contribution in [1.82, 2.24) is 15.1 Å². The molecule has 1 aliphatic heterocycles. The van der Waals surface area contributed by atoms with Crippen LogP contribution in [-0.2, 0) is 0 Å². The smallest absolute Gasteiger partial charge is 0.0570 e. The number of likely N-dealkylation sites (N-methyl/N-ethyl adjacent to an activating group) is 1. The molecule has 1 heterocycles. The van der Waals surface area contributed by atoms with Crippen molar-refractivity contribution in [2.24, 2.45) is 0 Å². The van der Waals surface area contributed by atoms with Crippen LogP contribution in [0.1, 0.15) is 12.8 Å². The molecule has 0 amide bonds. The first-order valence-electron chi connectivity index (χ1n) is 6.07. The molecule has 0 aromatic rings. The zero-order chi connectivity index (χ0) is 10.7. The zero-order valence-electron chi connectivity index (χ0n) is 9.65. The molecule has 2 fully saturated rings. The number of aliphatic hydroxyl groups is 1. The molecule has 0 spiro atoms. The fourth-order valence-corrected chi connectivity index (χ4v) is 2.34. The molecule has 0 aromatic heterocycles. The van der Waals surface area contributed by atoms with E-state index in [4.69, 9.17) is 0 Å². The van der Waals surface area contributed by atoms with Crippen molar-refractivity contribution < 1.29 is 5.11 Å². The topological polar surface area (TPSA) is 38.7 Å². The van der Waals surface area contributed by atoms with Crippen molar-refractivity contribution in [3.8, 4) is 0 Å². The second kappa shape index (κ2) is 5.25. The molecule has 2 aliphatic rings. The molecule has 1 aliphatic carbocycles. The summed E-state index contributed by atoms with van der Waals surface area (Å²) < 4.78 is 0. The lowest BCUT2D eigenvalue weighted by Gasteiger charge is -2.39. The van der Waals surface area contributed by atoms with Crippen LogP contribution in [0.15, 0.2) is 0 Å². The maximum absolute atomic E-state index is 9.24. The summed E-state index contributed by atoms with van der Waals surface area (Å²) in [6, 6.07) is 0.628. The van der Waals surface area contributed by atoms with Gasteiger partial charge in [0.05, 0.1) is 6.10 Å². The van der Waals surface area contributed by atoms with Crippen LogP contribution >= 0.6 is 0 Å². The second-order valence-corrected chi connectivity index (χ2v) is 4.85. The minimum atomic E-state index is -0.0309. The third kappa shape index (κ3) is 3.14. The second-order valence-electron chi connectivity index (χ2n) is 4.85. The molecule has 4 heteroatoms. The standard InChI is InChI=1S/C11H23N3O/c1-13(10-8-11(15)9-10)6-7-14-4-2-12-3-5-14/h10-12,15H,2-9H2,1H3. The Labute approximate surface area is 92.2 Å². The van der Waals surface area contributed by atoms with Crippen molar-refractivity contribution >= 4 is 0 Å². The quantitative estimate of drug-likeness (QED) is 0.651. The highest BCUT2D eigenvalue weighted by atomic mass is 16.3. The molecule has 2 rings (SSSR count). The van der Waals surface area contributed by atoms with Crippen molar-refractivity contribution in [3.63, 3.8) is 0 Å². The van der Waals surface area contributed by atoms with Crippen LogP contribution in [0, 0.1) is 0 Å².